The molecule has 0 saturated heterocycles. The lowest BCUT2D eigenvalue weighted by atomic mass is 10.0. The maximum atomic E-state index is 12.5. The maximum Gasteiger partial charge on any atom is 0.339 e. The van der Waals surface area contributed by atoms with Gasteiger partial charge in [0.15, 0.2) is 0 Å². The zero-order valence-corrected chi connectivity index (χ0v) is 15.8. The molecule has 1 aromatic heterocycles. The minimum absolute atomic E-state index is 0.0500. The summed E-state index contributed by atoms with van der Waals surface area (Å²) in [6, 6.07) is 22.0. The van der Waals surface area contributed by atoms with E-state index in [0.717, 1.165) is 5.56 Å². The van der Waals surface area contributed by atoms with Gasteiger partial charge >= 0.3 is 15.7 Å². The van der Waals surface area contributed by atoms with Crippen LogP contribution in [-0.4, -0.2) is 8.42 Å². The molecule has 4 aromatic rings. The van der Waals surface area contributed by atoms with Crippen LogP contribution < -0.4 is 9.81 Å². The molecule has 0 aliphatic carbocycles. The van der Waals surface area contributed by atoms with Crippen molar-refractivity contribution in [3.63, 3.8) is 0 Å². The second-order valence-corrected chi connectivity index (χ2v) is 7.81. The molecule has 0 radical (unpaired) electrons. The molecule has 28 heavy (non-hydrogen) atoms. The molecule has 0 bridgehead atoms. The Balaban J connectivity index is 1.85. The van der Waals surface area contributed by atoms with E-state index in [2.05, 4.69) is 0 Å². The smallest absolute Gasteiger partial charge is 0.339 e. The fourth-order valence-corrected chi connectivity index (χ4v) is 4.05. The van der Waals surface area contributed by atoms with Crippen molar-refractivity contribution in [3.8, 4) is 16.9 Å². The van der Waals surface area contributed by atoms with Gasteiger partial charge in [-0.05, 0) is 42.3 Å². The molecule has 6 heteroatoms. The van der Waals surface area contributed by atoms with E-state index >= 15 is 0 Å². The molecule has 0 spiro atoms. The monoisotopic (exact) mass is 392 g/mol. The van der Waals surface area contributed by atoms with Crippen molar-refractivity contribution in [3.05, 3.63) is 94.8 Å². The summed E-state index contributed by atoms with van der Waals surface area (Å²) in [6.45, 7) is 1.66. The predicted octanol–water partition coefficient (Wildman–Crippen LogP) is 4.54. The largest absolute Gasteiger partial charge is 0.422 e. The third-order valence-electron chi connectivity index (χ3n) is 4.43. The van der Waals surface area contributed by atoms with E-state index in [1.807, 2.05) is 30.3 Å². The number of benzene rings is 3. The van der Waals surface area contributed by atoms with Gasteiger partial charge in [-0.25, -0.2) is 4.79 Å². The van der Waals surface area contributed by atoms with E-state index in [9.17, 15) is 13.2 Å². The Labute approximate surface area is 162 Å². The summed E-state index contributed by atoms with van der Waals surface area (Å²) in [7, 11) is -4.00. The van der Waals surface area contributed by atoms with Crippen LogP contribution in [0.5, 0.6) is 5.75 Å². The first-order valence-corrected chi connectivity index (χ1v) is 9.99. The topological polar surface area (TPSA) is 73.6 Å². The van der Waals surface area contributed by atoms with E-state index in [0.29, 0.717) is 22.1 Å². The molecule has 140 valence electrons. The van der Waals surface area contributed by atoms with Crippen LogP contribution in [-0.2, 0) is 10.1 Å². The minimum atomic E-state index is -4.00. The van der Waals surface area contributed by atoms with Gasteiger partial charge in [0.25, 0.3) is 0 Å². The Morgan fingerprint density at radius 2 is 1.50 bits per heavy atom. The third-order valence-corrected chi connectivity index (χ3v) is 5.68. The van der Waals surface area contributed by atoms with E-state index in [1.165, 1.54) is 18.2 Å². The van der Waals surface area contributed by atoms with Crippen molar-refractivity contribution in [1.29, 1.82) is 0 Å². The lowest BCUT2D eigenvalue weighted by Crippen LogP contribution is -2.10. The Kier molecular flexibility index (Phi) is 4.49. The SMILES string of the molecule is Cc1c(OS(=O)(=O)c2ccccc2)ccc2c(-c3ccccc3)cc(=O)oc12. The molecule has 3 aromatic carbocycles. The number of aryl methyl sites for hydroxylation is 1. The lowest BCUT2D eigenvalue weighted by molar-refractivity contribution is 0.483. The quantitative estimate of drug-likeness (QED) is 0.377. The van der Waals surface area contributed by atoms with E-state index in [4.69, 9.17) is 8.60 Å². The Bertz CT molecular complexity index is 1310. The summed E-state index contributed by atoms with van der Waals surface area (Å²) in [5.41, 5.74) is 1.80. The Hall–Kier alpha value is -3.38. The highest BCUT2D eigenvalue weighted by Crippen LogP contribution is 2.34. The lowest BCUT2D eigenvalue weighted by Gasteiger charge is -2.12. The van der Waals surface area contributed by atoms with Crippen LogP contribution in [0, 0.1) is 6.92 Å². The second kappa shape index (κ2) is 6.98. The number of hydrogen-bond donors (Lipinski definition) is 0. The first kappa shape index (κ1) is 18.0. The van der Waals surface area contributed by atoms with Crippen molar-refractivity contribution in [2.45, 2.75) is 11.8 Å². The van der Waals surface area contributed by atoms with Gasteiger partial charge in [0, 0.05) is 17.0 Å². The summed E-state index contributed by atoms with van der Waals surface area (Å²) < 4.78 is 35.8. The van der Waals surface area contributed by atoms with Gasteiger partial charge in [-0.1, -0.05) is 48.5 Å². The van der Waals surface area contributed by atoms with Crippen molar-refractivity contribution in [1.82, 2.24) is 0 Å². The van der Waals surface area contributed by atoms with Crippen molar-refractivity contribution in [2.75, 3.05) is 0 Å². The van der Waals surface area contributed by atoms with E-state index in [1.54, 1.807) is 37.3 Å². The second-order valence-electron chi connectivity index (χ2n) is 6.26. The molecule has 0 amide bonds. The highest BCUT2D eigenvalue weighted by atomic mass is 32.2. The van der Waals surface area contributed by atoms with Crippen molar-refractivity contribution >= 4 is 21.1 Å². The molecule has 0 N–H and O–H groups in total. The molecule has 0 saturated carbocycles. The summed E-state index contributed by atoms with van der Waals surface area (Å²) in [5, 5.41) is 0.702. The van der Waals surface area contributed by atoms with Crippen LogP contribution in [0.3, 0.4) is 0 Å². The van der Waals surface area contributed by atoms with Crippen LogP contribution in [0.1, 0.15) is 5.56 Å². The summed E-state index contributed by atoms with van der Waals surface area (Å²) in [4.78, 5) is 12.2. The predicted molar refractivity (Wildman–Crippen MR) is 107 cm³/mol. The molecular formula is C22H16O5S. The van der Waals surface area contributed by atoms with Gasteiger partial charge in [-0.3, -0.25) is 0 Å². The molecule has 0 fully saturated rings. The van der Waals surface area contributed by atoms with Gasteiger partial charge < -0.3 is 8.60 Å². The zero-order valence-electron chi connectivity index (χ0n) is 15.0. The van der Waals surface area contributed by atoms with Crippen LogP contribution in [0.15, 0.2) is 93.0 Å². The molecule has 4 rings (SSSR count). The van der Waals surface area contributed by atoms with Gasteiger partial charge in [0.2, 0.25) is 0 Å². The fourth-order valence-electron chi connectivity index (χ4n) is 3.04. The first-order valence-electron chi connectivity index (χ1n) is 8.58. The van der Waals surface area contributed by atoms with Crippen molar-refractivity contribution in [2.24, 2.45) is 0 Å². The zero-order chi connectivity index (χ0) is 19.7. The van der Waals surface area contributed by atoms with Crippen molar-refractivity contribution < 1.29 is 17.0 Å². The minimum Gasteiger partial charge on any atom is -0.422 e. The Morgan fingerprint density at radius 3 is 2.18 bits per heavy atom. The third kappa shape index (κ3) is 3.30. The highest BCUT2D eigenvalue weighted by Gasteiger charge is 2.20. The number of fused-ring (bicyclic) bond motifs is 1. The van der Waals surface area contributed by atoms with Gasteiger partial charge in [-0.2, -0.15) is 8.42 Å². The molecule has 0 aliphatic heterocycles. The highest BCUT2D eigenvalue weighted by molar-refractivity contribution is 7.87. The van der Waals surface area contributed by atoms with Crippen LogP contribution in [0.25, 0.3) is 22.1 Å². The molecule has 1 heterocycles. The Morgan fingerprint density at radius 1 is 0.857 bits per heavy atom. The summed E-state index contributed by atoms with van der Waals surface area (Å²) >= 11 is 0. The maximum absolute atomic E-state index is 12.5. The average Bonchev–Trinajstić information content (AvgIpc) is 2.71. The van der Waals surface area contributed by atoms with Gasteiger partial charge in [0.05, 0.1) is 0 Å². The number of rotatable bonds is 4. The van der Waals surface area contributed by atoms with Crippen LogP contribution >= 0.6 is 0 Å². The van der Waals surface area contributed by atoms with E-state index < -0.39 is 15.7 Å². The fraction of sp³-hybridized carbons (Fsp3) is 0.0455. The molecule has 0 atom stereocenters. The van der Waals surface area contributed by atoms with Crippen LogP contribution in [0.4, 0.5) is 0 Å². The van der Waals surface area contributed by atoms with Crippen LogP contribution in [0.2, 0.25) is 0 Å². The summed E-state index contributed by atoms with van der Waals surface area (Å²) in [6.07, 6.45) is 0. The molecule has 5 nitrogen and oxygen atoms in total. The van der Waals surface area contributed by atoms with Gasteiger partial charge in [0.1, 0.15) is 16.2 Å². The standard InChI is InChI=1S/C22H16O5S/c1-15-20(27-28(24,25)17-10-6-3-7-11-17)13-12-18-19(14-21(23)26-22(15)18)16-8-4-2-5-9-16/h2-14H,1H3. The average molecular weight is 392 g/mol. The molecular weight excluding hydrogens is 376 g/mol. The molecule has 0 aliphatic rings. The summed E-state index contributed by atoms with van der Waals surface area (Å²) in [5.74, 6) is 0.115. The van der Waals surface area contributed by atoms with E-state index in [-0.39, 0.29) is 10.6 Å². The van der Waals surface area contributed by atoms with Gasteiger partial charge in [-0.15, -0.1) is 0 Å². The normalized spacial score (nSPS) is 11.5. The molecule has 0 unspecified atom stereocenters. The number of hydrogen-bond acceptors (Lipinski definition) is 5. The first-order chi connectivity index (χ1) is 13.5.